The second-order valence-corrected chi connectivity index (χ2v) is 5.37. The average molecular weight is 300 g/mol. The highest BCUT2D eigenvalue weighted by Crippen LogP contribution is 2.08. The summed E-state index contributed by atoms with van der Waals surface area (Å²) in [6, 6.07) is 0. The molecule has 0 aromatic heterocycles. The number of hydrogen-bond donors (Lipinski definition) is 0. The second-order valence-electron chi connectivity index (χ2n) is 5.37. The highest BCUT2D eigenvalue weighted by molar-refractivity contribution is 5.90. The van der Waals surface area contributed by atoms with Crippen LogP contribution < -0.4 is 0 Å². The first-order valence-electron chi connectivity index (χ1n) is 8.31. The van der Waals surface area contributed by atoms with Crippen LogP contribution in [0.4, 0.5) is 0 Å². The summed E-state index contributed by atoms with van der Waals surface area (Å²) in [6.45, 7) is 2.23. The molecule has 0 aromatic rings. The van der Waals surface area contributed by atoms with Crippen LogP contribution in [-0.4, -0.2) is 11.9 Å². The summed E-state index contributed by atoms with van der Waals surface area (Å²) in [7, 11) is 0. The van der Waals surface area contributed by atoms with Crippen LogP contribution in [0.2, 0.25) is 0 Å². The first-order chi connectivity index (χ1) is 10.8. The lowest BCUT2D eigenvalue weighted by molar-refractivity contribution is -0.117. The Labute approximate surface area is 134 Å². The van der Waals surface area contributed by atoms with Crippen molar-refractivity contribution in [3.8, 4) is 0 Å². The zero-order chi connectivity index (χ0) is 15.9. The number of carbonyl (C=O) groups is 1. The fourth-order valence-electron chi connectivity index (χ4n) is 2.06. The number of ketones is 1. The zero-order valence-corrected chi connectivity index (χ0v) is 13.6. The van der Waals surface area contributed by atoms with E-state index in [1.54, 1.807) is 0 Å². The average Bonchev–Trinajstić information content (AvgIpc) is 2.52. The molecule has 0 aliphatic carbocycles. The number of unbranched alkanes of at least 4 members (excludes halogenated alkanes) is 3. The monoisotopic (exact) mass is 300 g/mol. The fourth-order valence-corrected chi connectivity index (χ4v) is 2.06. The van der Waals surface area contributed by atoms with Gasteiger partial charge in [0.2, 0.25) is 0 Å². The number of ether oxygens (including phenoxy) is 1. The van der Waals surface area contributed by atoms with Crippen molar-refractivity contribution in [3.05, 3.63) is 60.9 Å². The van der Waals surface area contributed by atoms with E-state index in [-0.39, 0.29) is 11.9 Å². The molecule has 1 aliphatic rings. The summed E-state index contributed by atoms with van der Waals surface area (Å²) in [5.41, 5.74) is 0. The maximum atomic E-state index is 11.2. The Morgan fingerprint density at radius 3 is 2.64 bits per heavy atom. The lowest BCUT2D eigenvalue weighted by atomic mass is 10.1. The van der Waals surface area contributed by atoms with E-state index in [1.165, 1.54) is 38.0 Å². The highest BCUT2D eigenvalue weighted by Gasteiger charge is 2.12. The van der Waals surface area contributed by atoms with E-state index in [0.29, 0.717) is 6.42 Å². The Bertz CT molecular complexity index is 439. The van der Waals surface area contributed by atoms with E-state index < -0.39 is 0 Å². The molecule has 1 unspecified atom stereocenters. The van der Waals surface area contributed by atoms with Gasteiger partial charge in [0, 0.05) is 6.08 Å². The molecule has 0 amide bonds. The molecule has 120 valence electrons. The Balaban J connectivity index is 2.04. The molecule has 0 aromatic carbocycles. The molecule has 1 heterocycles. The van der Waals surface area contributed by atoms with E-state index in [4.69, 9.17) is 4.74 Å². The van der Waals surface area contributed by atoms with Crippen molar-refractivity contribution >= 4 is 5.78 Å². The first-order valence-corrected chi connectivity index (χ1v) is 8.31. The standard InChI is InChI=1S/C20H28O2/c1-2-3-4-5-6-7-8-9-10-11-12-13-14-15-20-18-19(21)16-17-22-20/h6-7,9-10,12-17,20H,2-5,8,11,18H2,1H3/b7-6-,10-9-,13-12-,15-14+. The van der Waals surface area contributed by atoms with Crippen LogP contribution in [0.1, 0.15) is 51.9 Å². The van der Waals surface area contributed by atoms with E-state index in [9.17, 15) is 4.79 Å². The van der Waals surface area contributed by atoms with Crippen molar-refractivity contribution in [1.82, 2.24) is 0 Å². The van der Waals surface area contributed by atoms with Crippen molar-refractivity contribution in [2.75, 3.05) is 0 Å². The summed E-state index contributed by atoms with van der Waals surface area (Å²) in [6.07, 6.45) is 27.2. The Morgan fingerprint density at radius 2 is 1.86 bits per heavy atom. The minimum absolute atomic E-state index is 0.115. The number of hydrogen-bond acceptors (Lipinski definition) is 2. The molecule has 1 atom stereocenters. The molecule has 22 heavy (non-hydrogen) atoms. The SMILES string of the molecule is CCCCC/C=C\C/C=C\C/C=C\C=C\C1CC(=O)C=CO1. The van der Waals surface area contributed by atoms with Gasteiger partial charge < -0.3 is 4.74 Å². The van der Waals surface area contributed by atoms with Gasteiger partial charge in [-0.15, -0.1) is 0 Å². The molecule has 0 N–H and O–H groups in total. The van der Waals surface area contributed by atoms with E-state index >= 15 is 0 Å². The van der Waals surface area contributed by atoms with Gasteiger partial charge in [0.1, 0.15) is 6.10 Å². The third kappa shape index (κ3) is 9.98. The van der Waals surface area contributed by atoms with Crippen molar-refractivity contribution in [3.63, 3.8) is 0 Å². The maximum Gasteiger partial charge on any atom is 0.162 e. The van der Waals surface area contributed by atoms with Gasteiger partial charge in [-0.2, -0.15) is 0 Å². The molecular weight excluding hydrogens is 272 g/mol. The van der Waals surface area contributed by atoms with Crippen LogP contribution in [0.15, 0.2) is 60.9 Å². The van der Waals surface area contributed by atoms with Gasteiger partial charge >= 0.3 is 0 Å². The van der Waals surface area contributed by atoms with Gasteiger partial charge in [0.05, 0.1) is 12.7 Å². The predicted molar refractivity (Wildman–Crippen MR) is 93.6 cm³/mol. The number of carbonyl (C=O) groups excluding carboxylic acids is 1. The third-order valence-electron chi connectivity index (χ3n) is 3.33. The quantitative estimate of drug-likeness (QED) is 0.305. The normalized spacial score (nSPS) is 19.1. The molecule has 0 saturated heterocycles. The van der Waals surface area contributed by atoms with Gasteiger partial charge in [0.15, 0.2) is 5.78 Å². The van der Waals surface area contributed by atoms with E-state index in [2.05, 4.69) is 37.3 Å². The Hall–Kier alpha value is -1.83. The first kappa shape index (κ1) is 18.2. The van der Waals surface area contributed by atoms with Crippen LogP contribution in [0.25, 0.3) is 0 Å². The van der Waals surface area contributed by atoms with Crippen molar-refractivity contribution in [2.24, 2.45) is 0 Å². The largest absolute Gasteiger partial charge is 0.493 e. The minimum Gasteiger partial charge on any atom is -0.493 e. The topological polar surface area (TPSA) is 26.3 Å². The van der Waals surface area contributed by atoms with E-state index in [1.807, 2.05) is 18.2 Å². The molecule has 0 radical (unpaired) electrons. The highest BCUT2D eigenvalue weighted by atomic mass is 16.5. The van der Waals surface area contributed by atoms with Crippen molar-refractivity contribution < 1.29 is 9.53 Å². The van der Waals surface area contributed by atoms with Crippen LogP contribution >= 0.6 is 0 Å². The second kappa shape index (κ2) is 12.9. The van der Waals surface area contributed by atoms with Crippen LogP contribution in [0, 0.1) is 0 Å². The maximum absolute atomic E-state index is 11.2. The van der Waals surface area contributed by atoms with Crippen LogP contribution in [0.5, 0.6) is 0 Å². The summed E-state index contributed by atoms with van der Waals surface area (Å²) in [4.78, 5) is 11.2. The van der Waals surface area contributed by atoms with Crippen molar-refractivity contribution in [2.45, 2.75) is 58.0 Å². The molecule has 1 aliphatic heterocycles. The molecule has 0 spiro atoms. The van der Waals surface area contributed by atoms with E-state index in [0.717, 1.165) is 12.8 Å². The Kier molecular flexibility index (Phi) is 10.7. The molecule has 1 rings (SSSR count). The van der Waals surface area contributed by atoms with Gasteiger partial charge in [0.25, 0.3) is 0 Å². The molecule has 2 heteroatoms. The molecule has 0 saturated carbocycles. The summed E-state index contributed by atoms with van der Waals surface area (Å²) >= 11 is 0. The minimum atomic E-state index is -0.115. The summed E-state index contributed by atoms with van der Waals surface area (Å²) in [5.74, 6) is 0.121. The number of rotatable bonds is 10. The van der Waals surface area contributed by atoms with Crippen LogP contribution in [-0.2, 0) is 9.53 Å². The smallest absolute Gasteiger partial charge is 0.162 e. The van der Waals surface area contributed by atoms with Crippen molar-refractivity contribution in [1.29, 1.82) is 0 Å². The number of allylic oxidation sites excluding steroid dienone is 8. The zero-order valence-electron chi connectivity index (χ0n) is 13.6. The van der Waals surface area contributed by atoms with Gasteiger partial charge in [-0.3, -0.25) is 4.79 Å². The lowest BCUT2D eigenvalue weighted by Crippen LogP contribution is -2.15. The summed E-state index contributed by atoms with van der Waals surface area (Å²) in [5, 5.41) is 0. The van der Waals surface area contributed by atoms with Gasteiger partial charge in [-0.1, -0.05) is 62.3 Å². The Morgan fingerprint density at radius 1 is 1.09 bits per heavy atom. The lowest BCUT2D eigenvalue weighted by Gasteiger charge is -2.13. The fraction of sp³-hybridized carbons (Fsp3) is 0.450. The molecular formula is C20H28O2. The predicted octanol–water partition coefficient (Wildman–Crippen LogP) is 5.44. The molecule has 2 nitrogen and oxygen atoms in total. The van der Waals surface area contributed by atoms with Crippen LogP contribution in [0.3, 0.4) is 0 Å². The molecule has 0 bridgehead atoms. The van der Waals surface area contributed by atoms with Gasteiger partial charge in [-0.05, 0) is 31.8 Å². The van der Waals surface area contributed by atoms with Gasteiger partial charge in [-0.25, -0.2) is 0 Å². The third-order valence-corrected chi connectivity index (χ3v) is 3.33. The molecule has 0 fully saturated rings. The summed E-state index contributed by atoms with van der Waals surface area (Å²) < 4.78 is 5.31.